The topological polar surface area (TPSA) is 20.3 Å². The molecular formula is C19H19F2NO. The molecule has 2 nitrogen and oxygen atoms in total. The number of hydrogen-bond donors (Lipinski definition) is 0. The van der Waals surface area contributed by atoms with Crippen LogP contribution in [0.1, 0.15) is 36.8 Å². The van der Waals surface area contributed by atoms with Crippen molar-refractivity contribution >= 4 is 11.6 Å². The van der Waals surface area contributed by atoms with Gasteiger partial charge < -0.3 is 4.90 Å². The third kappa shape index (κ3) is 2.98. The van der Waals surface area contributed by atoms with Crippen LogP contribution in [0.25, 0.3) is 0 Å². The van der Waals surface area contributed by atoms with E-state index in [2.05, 4.69) is 6.07 Å². The predicted octanol–water partition coefficient (Wildman–Crippen LogP) is 4.44. The average molecular weight is 315 g/mol. The molecule has 120 valence electrons. The number of rotatable bonds is 3. The summed E-state index contributed by atoms with van der Waals surface area (Å²) in [6, 6.07) is 11.6. The number of likely N-dealkylation sites (N-methyl/N-ethyl adjacent to an activating group) is 1. The van der Waals surface area contributed by atoms with E-state index >= 15 is 0 Å². The summed E-state index contributed by atoms with van der Waals surface area (Å²) in [7, 11) is 0. The van der Waals surface area contributed by atoms with Crippen molar-refractivity contribution < 1.29 is 13.6 Å². The summed E-state index contributed by atoms with van der Waals surface area (Å²) in [6.45, 7) is 2.26. The highest BCUT2D eigenvalue weighted by molar-refractivity contribution is 5.98. The van der Waals surface area contributed by atoms with Gasteiger partial charge >= 0.3 is 0 Å². The van der Waals surface area contributed by atoms with E-state index in [9.17, 15) is 13.6 Å². The summed E-state index contributed by atoms with van der Waals surface area (Å²) in [5.41, 5.74) is 2.67. The van der Waals surface area contributed by atoms with Crippen molar-refractivity contribution in [2.45, 2.75) is 32.1 Å². The number of hydrogen-bond acceptors (Lipinski definition) is 1. The van der Waals surface area contributed by atoms with Gasteiger partial charge in [-0.1, -0.05) is 24.3 Å². The molecule has 0 heterocycles. The van der Waals surface area contributed by atoms with Crippen LogP contribution in [0.5, 0.6) is 0 Å². The van der Waals surface area contributed by atoms with Gasteiger partial charge in [-0.3, -0.25) is 4.79 Å². The van der Waals surface area contributed by atoms with Gasteiger partial charge in [0.1, 0.15) is 0 Å². The maximum atomic E-state index is 13.5. The molecular weight excluding hydrogens is 296 g/mol. The summed E-state index contributed by atoms with van der Waals surface area (Å²) in [5.74, 6) is -2.10. The van der Waals surface area contributed by atoms with Crippen molar-refractivity contribution in [3.63, 3.8) is 0 Å². The molecule has 23 heavy (non-hydrogen) atoms. The number of halogens is 2. The number of carbonyl (C=O) groups excluding carboxylic acids is 1. The molecule has 2 aromatic carbocycles. The standard InChI is InChI=1S/C19H19F2NO/c1-2-22(14-10-11-17(20)18(21)12-14)19(23)16-9-5-7-13-6-3-4-8-15(13)16/h3-4,6,8,10-12,16H,2,5,7,9H2,1H3. The first kappa shape index (κ1) is 15.7. The Morgan fingerprint density at radius 2 is 1.96 bits per heavy atom. The van der Waals surface area contributed by atoms with Crippen LogP contribution in [-0.2, 0) is 11.2 Å². The first-order valence-corrected chi connectivity index (χ1v) is 7.96. The molecule has 0 radical (unpaired) electrons. The normalized spacial score (nSPS) is 16.7. The summed E-state index contributed by atoms with van der Waals surface area (Å²) in [5, 5.41) is 0. The molecule has 1 amide bonds. The van der Waals surface area contributed by atoms with Gasteiger partial charge in [-0.05, 0) is 49.4 Å². The number of carbonyl (C=O) groups is 1. The highest BCUT2D eigenvalue weighted by atomic mass is 19.2. The maximum Gasteiger partial charge on any atom is 0.234 e. The molecule has 1 aliphatic carbocycles. The lowest BCUT2D eigenvalue weighted by atomic mass is 9.82. The molecule has 1 atom stereocenters. The second-order valence-corrected chi connectivity index (χ2v) is 5.82. The first-order chi connectivity index (χ1) is 11.1. The van der Waals surface area contributed by atoms with E-state index in [1.807, 2.05) is 25.1 Å². The third-order valence-electron chi connectivity index (χ3n) is 4.46. The van der Waals surface area contributed by atoms with Crippen molar-refractivity contribution in [3.05, 3.63) is 65.2 Å². The number of aryl methyl sites for hydroxylation is 1. The van der Waals surface area contributed by atoms with E-state index in [4.69, 9.17) is 0 Å². The van der Waals surface area contributed by atoms with Gasteiger partial charge in [0.25, 0.3) is 0 Å². The Hall–Kier alpha value is -2.23. The summed E-state index contributed by atoms with van der Waals surface area (Å²) < 4.78 is 26.6. The van der Waals surface area contributed by atoms with Crippen molar-refractivity contribution in [2.24, 2.45) is 0 Å². The minimum atomic E-state index is -0.933. The van der Waals surface area contributed by atoms with Crippen LogP contribution in [0, 0.1) is 11.6 Å². The zero-order valence-corrected chi connectivity index (χ0v) is 13.1. The van der Waals surface area contributed by atoms with Crippen LogP contribution in [-0.4, -0.2) is 12.5 Å². The Bertz CT molecular complexity index is 729. The fraction of sp³-hybridized carbons (Fsp3) is 0.316. The number of benzene rings is 2. The smallest absolute Gasteiger partial charge is 0.234 e. The average Bonchev–Trinajstić information content (AvgIpc) is 2.58. The van der Waals surface area contributed by atoms with Gasteiger partial charge in [0, 0.05) is 18.3 Å². The molecule has 0 saturated carbocycles. The van der Waals surface area contributed by atoms with Crippen LogP contribution in [0.2, 0.25) is 0 Å². The molecule has 0 fully saturated rings. The molecule has 0 spiro atoms. The first-order valence-electron chi connectivity index (χ1n) is 7.96. The van der Waals surface area contributed by atoms with Gasteiger partial charge in [-0.2, -0.15) is 0 Å². The molecule has 0 N–H and O–H groups in total. The molecule has 1 unspecified atom stereocenters. The Kier molecular flexibility index (Phi) is 4.42. The Labute approximate surface area is 134 Å². The molecule has 0 bridgehead atoms. The van der Waals surface area contributed by atoms with E-state index in [1.54, 1.807) is 0 Å². The minimum absolute atomic E-state index is 0.0503. The largest absolute Gasteiger partial charge is 0.312 e. The Balaban J connectivity index is 1.93. The lowest BCUT2D eigenvalue weighted by Crippen LogP contribution is -2.36. The third-order valence-corrected chi connectivity index (χ3v) is 4.46. The monoisotopic (exact) mass is 315 g/mol. The van der Waals surface area contributed by atoms with Gasteiger partial charge in [-0.25, -0.2) is 8.78 Å². The van der Waals surface area contributed by atoms with Crippen molar-refractivity contribution in [1.29, 1.82) is 0 Å². The van der Waals surface area contributed by atoms with Gasteiger partial charge in [0.2, 0.25) is 5.91 Å². The molecule has 4 heteroatoms. The van der Waals surface area contributed by atoms with Crippen molar-refractivity contribution in [2.75, 3.05) is 11.4 Å². The fourth-order valence-corrected chi connectivity index (χ4v) is 3.32. The van der Waals surface area contributed by atoms with Crippen LogP contribution >= 0.6 is 0 Å². The van der Waals surface area contributed by atoms with Crippen LogP contribution in [0.15, 0.2) is 42.5 Å². The highest BCUT2D eigenvalue weighted by Gasteiger charge is 2.30. The number of anilines is 1. The van der Waals surface area contributed by atoms with Gasteiger partial charge in [0.15, 0.2) is 11.6 Å². The van der Waals surface area contributed by atoms with E-state index in [0.29, 0.717) is 12.2 Å². The highest BCUT2D eigenvalue weighted by Crippen LogP contribution is 2.34. The van der Waals surface area contributed by atoms with Crippen LogP contribution in [0.3, 0.4) is 0 Å². The quantitative estimate of drug-likeness (QED) is 0.820. The zero-order chi connectivity index (χ0) is 16.4. The fourth-order valence-electron chi connectivity index (χ4n) is 3.32. The van der Waals surface area contributed by atoms with Crippen LogP contribution < -0.4 is 4.90 Å². The molecule has 0 aliphatic heterocycles. The lowest BCUT2D eigenvalue weighted by Gasteiger charge is -2.30. The predicted molar refractivity (Wildman–Crippen MR) is 86.5 cm³/mol. The van der Waals surface area contributed by atoms with Crippen molar-refractivity contribution in [1.82, 2.24) is 0 Å². The molecule has 3 rings (SSSR count). The second-order valence-electron chi connectivity index (χ2n) is 5.82. The lowest BCUT2D eigenvalue weighted by molar-refractivity contribution is -0.120. The van der Waals surface area contributed by atoms with Gasteiger partial charge in [0.05, 0.1) is 5.92 Å². The van der Waals surface area contributed by atoms with E-state index < -0.39 is 11.6 Å². The minimum Gasteiger partial charge on any atom is -0.312 e. The molecule has 2 aromatic rings. The molecule has 0 aromatic heterocycles. The number of fused-ring (bicyclic) bond motifs is 1. The van der Waals surface area contributed by atoms with Crippen molar-refractivity contribution in [3.8, 4) is 0 Å². The van der Waals surface area contributed by atoms with E-state index in [-0.39, 0.29) is 11.8 Å². The summed E-state index contributed by atoms with van der Waals surface area (Å²) >= 11 is 0. The van der Waals surface area contributed by atoms with Gasteiger partial charge in [-0.15, -0.1) is 0 Å². The Morgan fingerprint density at radius 3 is 2.70 bits per heavy atom. The van der Waals surface area contributed by atoms with E-state index in [1.165, 1.54) is 16.5 Å². The SMILES string of the molecule is CCN(C(=O)C1CCCc2ccccc21)c1ccc(F)c(F)c1. The van der Waals surface area contributed by atoms with E-state index in [0.717, 1.165) is 37.0 Å². The Morgan fingerprint density at radius 1 is 1.17 bits per heavy atom. The summed E-state index contributed by atoms with van der Waals surface area (Å²) in [6.07, 6.45) is 2.73. The molecule has 0 saturated heterocycles. The number of amides is 1. The molecule has 1 aliphatic rings. The second kappa shape index (κ2) is 6.49. The van der Waals surface area contributed by atoms with Crippen LogP contribution in [0.4, 0.5) is 14.5 Å². The zero-order valence-electron chi connectivity index (χ0n) is 13.1. The summed E-state index contributed by atoms with van der Waals surface area (Å²) in [4.78, 5) is 14.5. The number of nitrogens with zero attached hydrogens (tertiary/aromatic N) is 1. The maximum absolute atomic E-state index is 13.5.